The number of hydrogen-bond acceptors (Lipinski definition) is 10. The van der Waals surface area contributed by atoms with E-state index in [2.05, 4.69) is 87.3 Å². The Morgan fingerprint density at radius 3 is 2.01 bits per heavy atom. The van der Waals surface area contributed by atoms with Crippen LogP contribution in [0.5, 0.6) is 11.5 Å². The first-order valence-electron chi connectivity index (χ1n) is 24.3. The molecule has 0 aromatic heterocycles. The van der Waals surface area contributed by atoms with Crippen LogP contribution in [0.2, 0.25) is 34.8 Å². The number of anilines is 1. The fraction of sp³-hybridized carbons (Fsp3) is 0.635. The number of nitrogens with zero attached hydrogens (tertiary/aromatic N) is 2. The normalized spacial score (nSPS) is 18.9. The molecule has 2 aromatic carbocycles. The maximum Gasteiger partial charge on any atom is 0.416 e. The molecule has 2 aromatic rings. The molecule has 1 saturated heterocycles. The maximum atomic E-state index is 15.1. The second-order valence-corrected chi connectivity index (χ2v) is 32.2. The molecule has 4 atom stereocenters. The monoisotopic (exact) mass is 962 g/mol. The first-order valence-corrected chi connectivity index (χ1v) is 29.3. The maximum absolute atomic E-state index is 15.1. The molecule has 0 bridgehead atoms. The quantitative estimate of drug-likeness (QED) is 0.0772. The summed E-state index contributed by atoms with van der Waals surface area (Å²) >= 11 is 0. The molecule has 2 aliphatic heterocycles. The molecule has 67 heavy (non-hydrogen) atoms. The molecule has 2 heterocycles. The van der Waals surface area contributed by atoms with E-state index in [4.69, 9.17) is 23.1 Å². The first kappa shape index (κ1) is 53.5. The number of nitrogens with one attached hydrogen (secondary N) is 1. The molecule has 3 aliphatic rings. The minimum atomic E-state index is -2.60. The number of Topliss-reactive ketones (excluding diaryl/α,β-unsaturated/α-hetero) is 1. The van der Waals surface area contributed by atoms with E-state index in [1.54, 1.807) is 37.1 Å². The molecular weight excluding hydrogens is 883 g/mol. The van der Waals surface area contributed by atoms with Crippen LogP contribution in [0, 0.1) is 17.3 Å². The average molecular weight is 962 g/mol. The predicted octanol–water partition coefficient (Wildman–Crippen LogP) is 10.8. The van der Waals surface area contributed by atoms with Gasteiger partial charge in [0.05, 0.1) is 42.8 Å². The number of ketones is 1. The highest BCUT2D eigenvalue weighted by Crippen LogP contribution is 2.58. The topological polar surface area (TPSA) is 150 Å². The van der Waals surface area contributed by atoms with Crippen LogP contribution in [0.3, 0.4) is 0 Å². The van der Waals surface area contributed by atoms with Crippen molar-refractivity contribution in [1.82, 2.24) is 10.2 Å². The Kier molecular flexibility index (Phi) is 16.8. The summed E-state index contributed by atoms with van der Waals surface area (Å²) < 4.78 is 32.0. The molecule has 0 radical (unpaired) electrons. The zero-order valence-corrected chi connectivity index (χ0v) is 45.0. The summed E-state index contributed by atoms with van der Waals surface area (Å²) in [6, 6.07) is 9.60. The largest absolute Gasteiger partial charge is 0.540 e. The summed E-state index contributed by atoms with van der Waals surface area (Å²) in [6.07, 6.45) is 2.69. The molecule has 1 unspecified atom stereocenters. The SMILES string of the molecule is C=CCOC(=O)C[C@H](C(=O)N[C@@H](C)C(=O)Cc1ccc(COC(=O)N2c3cc(O[Si](C(C)C)(C(C)C)C(C)C)c(OC)cc3C(=O)N3CC4(CC4)C[C@H]3C2O[Si](C)(C)C(C)(C)C)cc1)C(C)C. The van der Waals surface area contributed by atoms with Gasteiger partial charge in [0.25, 0.3) is 14.2 Å². The zero-order valence-electron chi connectivity index (χ0n) is 43.0. The van der Waals surface area contributed by atoms with Crippen LogP contribution in [0.4, 0.5) is 10.5 Å². The highest BCUT2D eigenvalue weighted by atomic mass is 28.4. The highest BCUT2D eigenvalue weighted by molar-refractivity contribution is 6.78. The molecule has 3 amide bonds. The molecule has 1 N–H and O–H groups in total. The van der Waals surface area contributed by atoms with Gasteiger partial charge in [0.15, 0.2) is 26.1 Å². The van der Waals surface area contributed by atoms with Gasteiger partial charge in [-0.1, -0.05) is 113 Å². The van der Waals surface area contributed by atoms with Crippen molar-refractivity contribution in [3.8, 4) is 11.5 Å². The van der Waals surface area contributed by atoms with Crippen molar-refractivity contribution < 1.29 is 47.0 Å². The average Bonchev–Trinajstić information content (AvgIpc) is 3.91. The Morgan fingerprint density at radius 1 is 0.896 bits per heavy atom. The van der Waals surface area contributed by atoms with Crippen LogP contribution in [0.1, 0.15) is 130 Å². The fourth-order valence-corrected chi connectivity index (χ4v) is 16.3. The van der Waals surface area contributed by atoms with E-state index >= 15 is 4.79 Å². The predicted molar refractivity (Wildman–Crippen MR) is 267 cm³/mol. The third-order valence-electron chi connectivity index (χ3n) is 15.0. The molecule has 15 heteroatoms. The molecular formula is C52H79N3O10Si2. The second-order valence-electron chi connectivity index (χ2n) is 22.1. The number of benzene rings is 2. The Hall–Kier alpha value is -4.48. The van der Waals surface area contributed by atoms with Crippen molar-refractivity contribution in [3.63, 3.8) is 0 Å². The lowest BCUT2D eigenvalue weighted by molar-refractivity contribution is -0.146. The van der Waals surface area contributed by atoms with Gasteiger partial charge >= 0.3 is 12.1 Å². The van der Waals surface area contributed by atoms with Crippen LogP contribution >= 0.6 is 0 Å². The Labute approximate surface area is 402 Å². The first-order chi connectivity index (χ1) is 31.2. The number of fused-ring (bicyclic) bond motifs is 2. The number of carbonyl (C=O) groups excluding carboxylic acids is 5. The van der Waals surface area contributed by atoms with Gasteiger partial charge in [-0.2, -0.15) is 0 Å². The molecule has 370 valence electrons. The summed E-state index contributed by atoms with van der Waals surface area (Å²) in [5.74, 6) is -1.13. The standard InChI is InChI=1S/C52H79N3O10Si2/c1-17-24-62-46(57)27-39(32(2)3)47(58)53-36(10)43(56)25-37-18-20-38(21-19-37)30-63-50(60)55-41-28-45(64-67(33(4)5,34(6)7)35(8)9)44(61-14)26-40(41)48(59)54-31-52(22-23-52)29-42(54)49(55)65-66(15,16)51(11,12)13/h17-21,26,28,32-36,39,42,49H,1,22-25,27,29-31H2,2-16H3,(H,53,58)/t36-,39-,42-,49?/m0/s1. The Morgan fingerprint density at radius 2 is 1.49 bits per heavy atom. The van der Waals surface area contributed by atoms with Gasteiger partial charge in [0.1, 0.15) is 19.0 Å². The summed E-state index contributed by atoms with van der Waals surface area (Å²) in [6.45, 7) is 33.6. The number of rotatable bonds is 20. The molecule has 1 saturated carbocycles. The van der Waals surface area contributed by atoms with Crippen molar-refractivity contribution in [2.45, 2.75) is 175 Å². The van der Waals surface area contributed by atoms with Crippen LogP contribution in [-0.2, 0) is 41.3 Å². The third kappa shape index (κ3) is 11.7. The summed E-state index contributed by atoms with van der Waals surface area (Å²) in [5.41, 5.74) is 2.86. The smallest absolute Gasteiger partial charge is 0.416 e. The lowest BCUT2D eigenvalue weighted by Crippen LogP contribution is -2.58. The number of ether oxygens (including phenoxy) is 3. The summed E-state index contributed by atoms with van der Waals surface area (Å²) in [4.78, 5) is 72.4. The lowest BCUT2D eigenvalue weighted by atomic mass is 9.91. The number of methoxy groups -OCH3 is 1. The molecule has 1 aliphatic carbocycles. The van der Waals surface area contributed by atoms with Crippen LogP contribution < -0.4 is 19.4 Å². The van der Waals surface area contributed by atoms with E-state index in [9.17, 15) is 19.2 Å². The minimum Gasteiger partial charge on any atom is -0.540 e. The van der Waals surface area contributed by atoms with Crippen molar-refractivity contribution in [2.75, 3.05) is 25.2 Å². The summed E-state index contributed by atoms with van der Waals surface area (Å²) in [7, 11) is -3.57. The number of amides is 3. The van der Waals surface area contributed by atoms with E-state index in [1.807, 2.05) is 36.9 Å². The van der Waals surface area contributed by atoms with E-state index in [-0.39, 0.29) is 76.6 Å². The van der Waals surface area contributed by atoms with Crippen LogP contribution in [0.15, 0.2) is 49.1 Å². The number of hydrogen-bond donors (Lipinski definition) is 1. The zero-order chi connectivity index (χ0) is 50.0. The Bertz CT molecular complexity index is 2120. The highest BCUT2D eigenvalue weighted by Gasteiger charge is 2.60. The van der Waals surface area contributed by atoms with Gasteiger partial charge in [0.2, 0.25) is 5.91 Å². The van der Waals surface area contributed by atoms with Crippen molar-refractivity contribution in [2.24, 2.45) is 17.3 Å². The lowest BCUT2D eigenvalue weighted by Gasteiger charge is -2.44. The van der Waals surface area contributed by atoms with Crippen molar-refractivity contribution in [1.29, 1.82) is 0 Å². The molecule has 5 rings (SSSR count). The number of carbonyl (C=O) groups is 5. The van der Waals surface area contributed by atoms with E-state index in [0.717, 1.165) is 18.4 Å². The van der Waals surface area contributed by atoms with Gasteiger partial charge in [-0.05, 0) is 89.5 Å². The van der Waals surface area contributed by atoms with Gasteiger partial charge in [0, 0.05) is 19.0 Å². The van der Waals surface area contributed by atoms with Gasteiger partial charge in [-0.15, -0.1) is 0 Å². The van der Waals surface area contributed by atoms with Crippen molar-refractivity contribution >= 4 is 52.0 Å². The van der Waals surface area contributed by atoms with Gasteiger partial charge in [-0.3, -0.25) is 19.2 Å². The molecule has 1 spiro atoms. The minimum absolute atomic E-state index is 0.00332. The second kappa shape index (κ2) is 21.0. The van der Waals surface area contributed by atoms with Crippen molar-refractivity contribution in [3.05, 3.63) is 65.7 Å². The fourth-order valence-electron chi connectivity index (χ4n) is 9.84. The van der Waals surface area contributed by atoms with Crippen LogP contribution in [-0.4, -0.2) is 89.8 Å². The van der Waals surface area contributed by atoms with E-state index < -0.39 is 52.9 Å². The number of esters is 1. The third-order valence-corrected chi connectivity index (χ3v) is 25.5. The van der Waals surface area contributed by atoms with Crippen LogP contribution in [0.25, 0.3) is 0 Å². The Balaban J connectivity index is 1.45. The molecule has 13 nitrogen and oxygen atoms in total. The van der Waals surface area contributed by atoms with E-state index in [0.29, 0.717) is 41.3 Å². The van der Waals surface area contributed by atoms with Gasteiger partial charge < -0.3 is 33.3 Å². The van der Waals surface area contributed by atoms with E-state index in [1.165, 1.54) is 6.08 Å². The molecule has 2 fully saturated rings. The summed E-state index contributed by atoms with van der Waals surface area (Å²) in [5, 5.41) is 2.58. The van der Waals surface area contributed by atoms with Gasteiger partial charge in [-0.25, -0.2) is 9.69 Å².